The van der Waals surface area contributed by atoms with Crippen LogP contribution >= 0.6 is 0 Å². The Labute approximate surface area is 178 Å². The van der Waals surface area contributed by atoms with Gasteiger partial charge in [-0.15, -0.1) is 0 Å². The van der Waals surface area contributed by atoms with Gasteiger partial charge in [0.05, 0.1) is 23.2 Å². The van der Waals surface area contributed by atoms with Crippen LogP contribution in [0.4, 0.5) is 11.4 Å². The van der Waals surface area contributed by atoms with E-state index in [0.717, 1.165) is 22.3 Å². The SMILES string of the molecule is CC12c3ccccc3C(c3ccccc31)[C@H]1C(=O)N(c3ccc(N([O-])O)cc3)C(=O)[C@H]12. The van der Waals surface area contributed by atoms with Crippen LogP contribution in [0.1, 0.15) is 35.1 Å². The highest BCUT2D eigenvalue weighted by Gasteiger charge is 2.66. The van der Waals surface area contributed by atoms with Crippen LogP contribution in [0.15, 0.2) is 72.8 Å². The van der Waals surface area contributed by atoms with Crippen molar-refractivity contribution in [1.82, 2.24) is 0 Å². The van der Waals surface area contributed by atoms with E-state index in [9.17, 15) is 14.8 Å². The van der Waals surface area contributed by atoms with E-state index in [0.29, 0.717) is 5.69 Å². The largest absolute Gasteiger partial charge is 0.733 e. The molecule has 1 fully saturated rings. The molecule has 6 nitrogen and oxygen atoms in total. The van der Waals surface area contributed by atoms with E-state index in [1.165, 1.54) is 29.2 Å². The fourth-order valence-corrected chi connectivity index (χ4v) is 6.13. The van der Waals surface area contributed by atoms with Crippen LogP contribution in [0, 0.1) is 17.0 Å². The number of benzene rings is 3. The molecule has 0 spiro atoms. The quantitative estimate of drug-likeness (QED) is 0.510. The van der Waals surface area contributed by atoms with E-state index >= 15 is 0 Å². The molecule has 0 radical (unpaired) electrons. The van der Waals surface area contributed by atoms with Crippen molar-refractivity contribution in [1.29, 1.82) is 0 Å². The van der Waals surface area contributed by atoms with Gasteiger partial charge in [-0.25, -0.2) is 4.90 Å². The average molecular weight is 411 g/mol. The first-order chi connectivity index (χ1) is 14.9. The minimum absolute atomic E-state index is 0.0344. The second-order valence-electron chi connectivity index (χ2n) is 8.66. The number of rotatable bonds is 2. The Morgan fingerprint density at radius 3 is 1.97 bits per heavy atom. The minimum Gasteiger partial charge on any atom is -0.733 e. The molecule has 0 saturated carbocycles. The molecule has 2 bridgehead atoms. The molecular weight excluding hydrogens is 392 g/mol. The van der Waals surface area contributed by atoms with Gasteiger partial charge in [-0.2, -0.15) is 0 Å². The van der Waals surface area contributed by atoms with Crippen LogP contribution in [0.3, 0.4) is 0 Å². The van der Waals surface area contributed by atoms with Crippen molar-refractivity contribution in [3.63, 3.8) is 0 Å². The topological polar surface area (TPSA) is 83.9 Å². The maximum atomic E-state index is 13.8. The van der Waals surface area contributed by atoms with Gasteiger partial charge in [-0.1, -0.05) is 55.5 Å². The van der Waals surface area contributed by atoms with E-state index in [-0.39, 0.29) is 28.6 Å². The summed E-state index contributed by atoms with van der Waals surface area (Å²) in [5.41, 5.74) is 4.29. The third-order valence-corrected chi connectivity index (χ3v) is 7.37. The van der Waals surface area contributed by atoms with Gasteiger partial charge < -0.3 is 10.4 Å². The number of amides is 2. The molecule has 4 aliphatic rings. The number of nitrogens with zero attached hydrogens (tertiary/aromatic N) is 2. The smallest absolute Gasteiger partial charge is 0.238 e. The minimum atomic E-state index is -0.606. The molecule has 3 aromatic carbocycles. The first-order valence-electron chi connectivity index (χ1n) is 10.3. The Morgan fingerprint density at radius 1 is 0.871 bits per heavy atom. The third-order valence-electron chi connectivity index (χ3n) is 7.37. The lowest BCUT2D eigenvalue weighted by atomic mass is 9.48. The zero-order valence-corrected chi connectivity index (χ0v) is 16.7. The van der Waals surface area contributed by atoms with Crippen LogP contribution in [0.5, 0.6) is 0 Å². The zero-order chi connectivity index (χ0) is 21.5. The summed E-state index contributed by atoms with van der Waals surface area (Å²) in [5, 5.41) is 20.0. The number of hydrogen-bond acceptors (Lipinski definition) is 5. The van der Waals surface area contributed by atoms with Gasteiger partial charge in [-0.3, -0.25) is 14.8 Å². The molecule has 2 atom stereocenters. The maximum absolute atomic E-state index is 13.8. The monoisotopic (exact) mass is 411 g/mol. The highest BCUT2D eigenvalue weighted by Crippen LogP contribution is 2.64. The summed E-state index contributed by atoms with van der Waals surface area (Å²) in [6.07, 6.45) is 0. The van der Waals surface area contributed by atoms with Crippen LogP contribution in [0.25, 0.3) is 0 Å². The van der Waals surface area contributed by atoms with Gasteiger partial charge in [0.2, 0.25) is 11.8 Å². The van der Waals surface area contributed by atoms with E-state index < -0.39 is 17.3 Å². The van der Waals surface area contributed by atoms with Crippen molar-refractivity contribution in [2.24, 2.45) is 11.8 Å². The van der Waals surface area contributed by atoms with Crippen LogP contribution in [-0.2, 0) is 15.0 Å². The summed E-state index contributed by atoms with van der Waals surface area (Å²) < 4.78 is 0. The van der Waals surface area contributed by atoms with Gasteiger partial charge >= 0.3 is 0 Å². The molecule has 0 unspecified atom stereocenters. The standard InChI is InChI=1S/C25H19N2O4/c1-25-18-8-4-2-6-16(18)20(17-7-3-5-9-19(17)25)21-22(25)24(29)26(23(21)28)14-10-12-15(13-11-14)27(30)31/h2-13,20-22,30H,1H3/q-1/t20?,21-,22+,25?/m1/s1. The van der Waals surface area contributed by atoms with Crippen molar-refractivity contribution in [3.05, 3.63) is 100 Å². The summed E-state index contributed by atoms with van der Waals surface area (Å²) in [6, 6.07) is 22.1. The zero-order valence-electron chi connectivity index (χ0n) is 16.7. The fourth-order valence-electron chi connectivity index (χ4n) is 6.13. The Morgan fingerprint density at radius 2 is 1.42 bits per heavy atom. The van der Waals surface area contributed by atoms with Crippen molar-refractivity contribution in [3.8, 4) is 0 Å². The van der Waals surface area contributed by atoms with Crippen LogP contribution in [-0.4, -0.2) is 17.0 Å². The molecule has 6 heteroatoms. The molecule has 3 aliphatic carbocycles. The third kappa shape index (κ3) is 2.13. The lowest BCUT2D eigenvalue weighted by Gasteiger charge is -2.52. The molecule has 31 heavy (non-hydrogen) atoms. The Bertz CT molecular complexity index is 1200. The first kappa shape index (κ1) is 18.3. The molecule has 1 N–H and O–H groups in total. The maximum Gasteiger partial charge on any atom is 0.238 e. The van der Waals surface area contributed by atoms with E-state index in [2.05, 4.69) is 31.2 Å². The number of carbonyl (C=O) groups excluding carboxylic acids is 2. The Kier molecular flexibility index (Phi) is 3.56. The van der Waals surface area contributed by atoms with Gasteiger partial charge in [0.15, 0.2) is 0 Å². The van der Waals surface area contributed by atoms with Crippen molar-refractivity contribution in [2.75, 3.05) is 10.1 Å². The average Bonchev–Trinajstić information content (AvgIpc) is 3.06. The number of carbonyl (C=O) groups is 2. The van der Waals surface area contributed by atoms with Gasteiger partial charge in [0.1, 0.15) is 0 Å². The molecule has 1 aliphatic heterocycles. The molecule has 154 valence electrons. The Balaban J connectivity index is 1.55. The van der Waals surface area contributed by atoms with E-state index in [1.54, 1.807) is 0 Å². The fraction of sp³-hybridized carbons (Fsp3) is 0.200. The van der Waals surface area contributed by atoms with Gasteiger partial charge in [0, 0.05) is 11.3 Å². The first-order valence-corrected chi connectivity index (χ1v) is 10.3. The lowest BCUT2D eigenvalue weighted by Crippen LogP contribution is -2.51. The van der Waals surface area contributed by atoms with E-state index in [1.807, 2.05) is 24.3 Å². The van der Waals surface area contributed by atoms with Crippen LogP contribution in [0.2, 0.25) is 0 Å². The number of hydrogen-bond donors (Lipinski definition) is 1. The lowest BCUT2D eigenvalue weighted by molar-refractivity contribution is -0.123. The van der Waals surface area contributed by atoms with Gasteiger partial charge in [-0.05, 0) is 46.5 Å². The molecule has 7 rings (SSSR count). The second kappa shape index (κ2) is 6.03. The van der Waals surface area contributed by atoms with Crippen molar-refractivity contribution >= 4 is 23.2 Å². The molecule has 0 aromatic heterocycles. The van der Waals surface area contributed by atoms with Crippen molar-refractivity contribution in [2.45, 2.75) is 18.3 Å². The summed E-state index contributed by atoms with van der Waals surface area (Å²) >= 11 is 0. The second-order valence-corrected chi connectivity index (χ2v) is 8.66. The predicted molar refractivity (Wildman–Crippen MR) is 115 cm³/mol. The molecule has 2 amide bonds. The van der Waals surface area contributed by atoms with Crippen LogP contribution < -0.4 is 10.1 Å². The Hall–Kier alpha value is -3.48. The summed E-state index contributed by atoms with van der Waals surface area (Å²) in [6.45, 7) is 2.08. The predicted octanol–water partition coefficient (Wildman–Crippen LogP) is 3.95. The normalized spacial score (nSPS) is 27.7. The summed E-state index contributed by atoms with van der Waals surface area (Å²) in [5.74, 6) is -1.58. The summed E-state index contributed by atoms with van der Waals surface area (Å²) in [4.78, 5) is 28.7. The van der Waals surface area contributed by atoms with Crippen molar-refractivity contribution < 1.29 is 14.8 Å². The highest BCUT2D eigenvalue weighted by atomic mass is 16.8. The highest BCUT2D eigenvalue weighted by molar-refractivity contribution is 6.23. The molecule has 1 heterocycles. The summed E-state index contributed by atoms with van der Waals surface area (Å²) in [7, 11) is 0. The molecular formula is C25H19N2O4-. The van der Waals surface area contributed by atoms with E-state index in [4.69, 9.17) is 5.21 Å². The molecule has 3 aromatic rings. The number of anilines is 2. The van der Waals surface area contributed by atoms with Gasteiger partial charge in [0.25, 0.3) is 0 Å². The molecule has 1 saturated heterocycles. The number of imide groups is 1.